The lowest BCUT2D eigenvalue weighted by molar-refractivity contribution is 0.0992. The number of carbonyl (C=O) groups excluding carboxylic acids is 1. The molecule has 2 saturated heterocycles. The molecule has 214 valence electrons. The highest BCUT2D eigenvalue weighted by Gasteiger charge is 2.22. The van der Waals surface area contributed by atoms with Gasteiger partial charge in [-0.15, -0.1) is 0 Å². The topological polar surface area (TPSA) is 23.6 Å². The summed E-state index contributed by atoms with van der Waals surface area (Å²) in [6, 6.07) is 11.2. The number of hydrogen-bond donors (Lipinski definition) is 0. The molecule has 4 rings (SSSR count). The molecule has 2 aromatic rings. The summed E-state index contributed by atoms with van der Waals surface area (Å²) in [6.07, 6.45) is 6.04. The molecule has 0 bridgehead atoms. The number of piperidine rings is 1. The number of aryl methyl sites for hydroxylation is 2. The van der Waals surface area contributed by atoms with Gasteiger partial charge in [0.25, 0.3) is 0 Å². The molecule has 0 aliphatic carbocycles. The Hall–Kier alpha value is -2.20. The summed E-state index contributed by atoms with van der Waals surface area (Å²) in [5.41, 5.74) is 4.44. The van der Waals surface area contributed by atoms with Crippen LogP contribution in [-0.2, 0) is 12.8 Å². The summed E-state index contributed by atoms with van der Waals surface area (Å²) in [7, 11) is 2.20. The van der Waals surface area contributed by atoms with Crippen LogP contribution in [0.15, 0.2) is 36.4 Å². The van der Waals surface area contributed by atoms with Gasteiger partial charge in [0.05, 0.1) is 5.69 Å². The number of Topliss-reactive ketones (excluding diaryl/α,β-unsaturated/α-hetero) is 1. The van der Waals surface area contributed by atoms with Gasteiger partial charge >= 0.3 is 0 Å². The summed E-state index contributed by atoms with van der Waals surface area (Å²) < 4.78 is 14.6. The largest absolute Gasteiger partial charge is 0.369 e. The van der Waals surface area contributed by atoms with Crippen molar-refractivity contribution in [3.8, 4) is 0 Å². The molecule has 2 heterocycles. The molecule has 0 radical (unpaired) electrons. The molecule has 0 saturated carbocycles. The number of benzene rings is 2. The zero-order valence-corrected chi connectivity index (χ0v) is 25.9. The van der Waals surface area contributed by atoms with Crippen LogP contribution in [0.2, 0.25) is 0 Å². The molecule has 2 aliphatic heterocycles. The highest BCUT2D eigenvalue weighted by molar-refractivity contribution is 5.99. The number of hydrogen-bond acceptors (Lipinski definition) is 3. The van der Waals surface area contributed by atoms with Gasteiger partial charge in [-0.2, -0.15) is 0 Å². The van der Waals surface area contributed by atoms with Crippen LogP contribution in [0, 0.1) is 24.6 Å². The van der Waals surface area contributed by atoms with Crippen LogP contribution in [-0.4, -0.2) is 43.9 Å². The maximum atomic E-state index is 14.6. The zero-order chi connectivity index (χ0) is 28.7. The van der Waals surface area contributed by atoms with E-state index < -0.39 is 0 Å². The number of carbonyl (C=O) groups is 1. The smallest absolute Gasteiger partial charge is 0.167 e. The lowest BCUT2D eigenvalue weighted by Gasteiger charge is -2.26. The number of nitrogens with zero attached hydrogens (tertiary/aromatic N) is 2. The van der Waals surface area contributed by atoms with Crippen molar-refractivity contribution in [2.24, 2.45) is 11.8 Å². The first-order chi connectivity index (χ1) is 18.3. The van der Waals surface area contributed by atoms with Crippen LogP contribution in [0.3, 0.4) is 0 Å². The molecule has 4 heteroatoms. The van der Waals surface area contributed by atoms with Crippen LogP contribution in [0.25, 0.3) is 0 Å². The third-order valence-corrected chi connectivity index (χ3v) is 7.23. The fourth-order valence-electron chi connectivity index (χ4n) is 4.96. The molecular weight excluding hydrogens is 471 g/mol. The van der Waals surface area contributed by atoms with E-state index in [-0.39, 0.29) is 18.0 Å². The van der Waals surface area contributed by atoms with Crippen molar-refractivity contribution in [2.45, 2.75) is 93.9 Å². The molecule has 0 N–H and O–H groups in total. The molecule has 1 atom stereocenters. The van der Waals surface area contributed by atoms with Crippen molar-refractivity contribution in [2.75, 3.05) is 38.1 Å². The van der Waals surface area contributed by atoms with Crippen molar-refractivity contribution in [3.63, 3.8) is 0 Å². The number of ketones is 1. The highest BCUT2D eigenvalue weighted by Crippen LogP contribution is 2.27. The maximum Gasteiger partial charge on any atom is 0.167 e. The second kappa shape index (κ2) is 18.2. The van der Waals surface area contributed by atoms with Crippen molar-refractivity contribution < 1.29 is 9.18 Å². The Bertz CT molecular complexity index is 939. The van der Waals surface area contributed by atoms with Crippen molar-refractivity contribution in [1.29, 1.82) is 0 Å². The fraction of sp³-hybridized carbons (Fsp3) is 0.618. The lowest BCUT2D eigenvalue weighted by Crippen LogP contribution is -2.28. The first-order valence-electron chi connectivity index (χ1n) is 15.1. The molecule has 0 aromatic heterocycles. The Kier molecular flexibility index (Phi) is 16.2. The van der Waals surface area contributed by atoms with E-state index in [1.807, 2.05) is 58.9 Å². The van der Waals surface area contributed by atoms with E-state index >= 15 is 0 Å². The molecule has 2 fully saturated rings. The molecule has 2 aliphatic rings. The van der Waals surface area contributed by atoms with Gasteiger partial charge in [-0.25, -0.2) is 4.39 Å². The zero-order valence-electron chi connectivity index (χ0n) is 25.9. The summed E-state index contributed by atoms with van der Waals surface area (Å²) in [4.78, 5) is 17.3. The second-order valence-corrected chi connectivity index (χ2v) is 10.6. The number of anilines is 1. The van der Waals surface area contributed by atoms with Crippen LogP contribution in [0.4, 0.5) is 10.1 Å². The van der Waals surface area contributed by atoms with Gasteiger partial charge in [0.2, 0.25) is 0 Å². The van der Waals surface area contributed by atoms with Gasteiger partial charge in [0.1, 0.15) is 5.82 Å². The first kappa shape index (κ1) is 33.8. The van der Waals surface area contributed by atoms with Gasteiger partial charge in [0, 0.05) is 25.1 Å². The average molecular weight is 527 g/mol. The van der Waals surface area contributed by atoms with E-state index in [2.05, 4.69) is 43.7 Å². The van der Waals surface area contributed by atoms with Gasteiger partial charge < -0.3 is 9.80 Å². The first-order valence-corrected chi connectivity index (χ1v) is 15.1. The van der Waals surface area contributed by atoms with E-state index in [1.165, 1.54) is 37.6 Å². The van der Waals surface area contributed by atoms with Gasteiger partial charge in [-0.3, -0.25) is 4.79 Å². The van der Waals surface area contributed by atoms with Gasteiger partial charge in [0.15, 0.2) is 5.78 Å². The van der Waals surface area contributed by atoms with E-state index in [4.69, 9.17) is 0 Å². The molecule has 1 unspecified atom stereocenters. The summed E-state index contributed by atoms with van der Waals surface area (Å²) in [5.74, 6) is 1.43. The molecule has 0 spiro atoms. The maximum absolute atomic E-state index is 14.6. The van der Waals surface area contributed by atoms with Crippen LogP contribution in [0.1, 0.15) is 101 Å². The molecule has 3 nitrogen and oxygen atoms in total. The van der Waals surface area contributed by atoms with E-state index in [0.29, 0.717) is 11.6 Å². The van der Waals surface area contributed by atoms with Crippen LogP contribution >= 0.6 is 0 Å². The predicted octanol–water partition coefficient (Wildman–Crippen LogP) is 8.76. The Balaban J connectivity index is 0.000000505. The summed E-state index contributed by atoms with van der Waals surface area (Å²) in [6.45, 7) is 21.1. The van der Waals surface area contributed by atoms with Gasteiger partial charge in [-0.1, -0.05) is 84.7 Å². The molecule has 38 heavy (non-hydrogen) atoms. The standard InChI is InChI=1S/C23H28FNO.C7H15N.2C2H6/c1-4-5-19-12-16(2)6-8-20(19)23(26)14-18-7-9-22(21(24)13-18)25-11-10-17(3)15-25;1-7-3-5-8(2)6-4-7;2*1-2/h6-9,12-13,17H,4-5,10-11,14-15H2,1-3H3;7H,3-6H2,1-2H3;2*1-2H3. The SMILES string of the molecule is CC.CC.CC1CCN(C)CC1.CCCc1cc(C)ccc1C(=O)Cc1ccc(N2CCC(C)C2)c(F)c1. The Morgan fingerprint density at radius 2 is 1.55 bits per heavy atom. The number of likely N-dealkylation sites (tertiary alicyclic amines) is 1. The van der Waals surface area contributed by atoms with E-state index in [1.54, 1.807) is 0 Å². The average Bonchev–Trinajstić information content (AvgIpc) is 3.34. The quantitative estimate of drug-likeness (QED) is 0.352. The van der Waals surface area contributed by atoms with Gasteiger partial charge in [-0.05, 0) is 87.8 Å². The Morgan fingerprint density at radius 1 is 0.921 bits per heavy atom. The minimum atomic E-state index is -0.220. The fourth-order valence-corrected chi connectivity index (χ4v) is 4.96. The van der Waals surface area contributed by atoms with Crippen molar-refractivity contribution in [3.05, 3.63) is 64.5 Å². The van der Waals surface area contributed by atoms with Crippen LogP contribution < -0.4 is 4.90 Å². The second-order valence-electron chi connectivity index (χ2n) is 10.6. The van der Waals surface area contributed by atoms with Crippen molar-refractivity contribution in [1.82, 2.24) is 4.90 Å². The predicted molar refractivity (Wildman–Crippen MR) is 164 cm³/mol. The third-order valence-electron chi connectivity index (χ3n) is 7.23. The van der Waals surface area contributed by atoms with E-state index in [0.717, 1.165) is 55.0 Å². The van der Waals surface area contributed by atoms with E-state index in [9.17, 15) is 9.18 Å². The minimum Gasteiger partial charge on any atom is -0.369 e. The van der Waals surface area contributed by atoms with Crippen LogP contribution in [0.5, 0.6) is 0 Å². The Labute approximate surface area is 233 Å². The summed E-state index contributed by atoms with van der Waals surface area (Å²) >= 11 is 0. The normalized spacial score (nSPS) is 17.4. The highest BCUT2D eigenvalue weighted by atomic mass is 19.1. The van der Waals surface area contributed by atoms with Crippen molar-refractivity contribution >= 4 is 11.5 Å². The minimum absolute atomic E-state index is 0.0652. The molecule has 0 amide bonds. The molecular formula is C34H55FN2O. The lowest BCUT2D eigenvalue weighted by atomic mass is 9.94. The molecule has 2 aromatic carbocycles. The summed E-state index contributed by atoms with van der Waals surface area (Å²) in [5, 5.41) is 0. The number of rotatable bonds is 6. The monoisotopic (exact) mass is 526 g/mol. The number of halogens is 1. The Morgan fingerprint density at radius 3 is 2.08 bits per heavy atom. The third kappa shape index (κ3) is 10.9.